The van der Waals surface area contributed by atoms with E-state index in [0.29, 0.717) is 59.0 Å². The van der Waals surface area contributed by atoms with Gasteiger partial charge in [-0.05, 0) is 38.5 Å². The van der Waals surface area contributed by atoms with Gasteiger partial charge in [-0.25, -0.2) is 0 Å². The molecule has 0 radical (unpaired) electrons. The minimum atomic E-state index is -0.00635. The summed E-state index contributed by atoms with van der Waals surface area (Å²) in [6.45, 7) is 4.92. The lowest BCUT2D eigenvalue weighted by molar-refractivity contribution is -0.122. The van der Waals surface area contributed by atoms with Crippen LogP contribution in [-0.2, 0) is 28.5 Å². The number of carbonyl (C=O) groups excluding carboxylic acids is 2. The molecule has 0 spiro atoms. The summed E-state index contributed by atoms with van der Waals surface area (Å²) in [5.41, 5.74) is 0. The summed E-state index contributed by atoms with van der Waals surface area (Å²) in [7, 11) is 3.34. The van der Waals surface area contributed by atoms with Crippen molar-refractivity contribution in [3.8, 4) is 0 Å². The Balaban J connectivity index is 3.17. The molecule has 0 aliphatic carbocycles. The van der Waals surface area contributed by atoms with Gasteiger partial charge in [0.2, 0.25) is 11.8 Å². The zero-order valence-electron chi connectivity index (χ0n) is 17.8. The van der Waals surface area contributed by atoms with Crippen molar-refractivity contribution in [3.63, 3.8) is 0 Å². The first-order valence-electron chi connectivity index (χ1n) is 10.4. The van der Waals surface area contributed by atoms with E-state index in [2.05, 4.69) is 10.6 Å². The molecule has 2 amide bonds. The van der Waals surface area contributed by atoms with Crippen LogP contribution in [0.3, 0.4) is 0 Å². The Morgan fingerprint density at radius 3 is 1.89 bits per heavy atom. The Kier molecular flexibility index (Phi) is 21.1. The van der Waals surface area contributed by atoms with Crippen LogP contribution in [0, 0.1) is 0 Å². The van der Waals surface area contributed by atoms with Crippen molar-refractivity contribution in [2.45, 2.75) is 51.4 Å². The standard InChI is InChI=1S/C20H40N2O6/c1-21-19(23)9-8-16-26-14-6-7-15-28-18-11-22-20(24)10-17-27-13-5-3-4-12-25-2/h3-18H2,1-2H3,(H,21,23)(H,22,24). The SMILES string of the molecule is CNC(=O)CCCOCCCCOCCNC(=O)CCOCCCCCOC. The normalized spacial score (nSPS) is 10.8. The highest BCUT2D eigenvalue weighted by Gasteiger charge is 2.01. The molecule has 166 valence electrons. The molecule has 8 heteroatoms. The predicted octanol–water partition coefficient (Wildman–Crippen LogP) is 1.67. The molecule has 0 bridgehead atoms. The lowest BCUT2D eigenvalue weighted by Crippen LogP contribution is -2.28. The average Bonchev–Trinajstić information content (AvgIpc) is 2.70. The van der Waals surface area contributed by atoms with Gasteiger partial charge in [0.05, 0.1) is 13.2 Å². The summed E-state index contributed by atoms with van der Waals surface area (Å²) >= 11 is 0. The first-order chi connectivity index (χ1) is 13.7. The van der Waals surface area contributed by atoms with Gasteiger partial charge in [0, 0.05) is 66.6 Å². The van der Waals surface area contributed by atoms with Gasteiger partial charge >= 0.3 is 0 Å². The highest BCUT2D eigenvalue weighted by molar-refractivity contribution is 5.76. The third-order valence-electron chi connectivity index (χ3n) is 3.98. The summed E-state index contributed by atoms with van der Waals surface area (Å²) in [5.74, 6) is 0.0403. The fourth-order valence-corrected chi connectivity index (χ4v) is 2.32. The molecular formula is C20H40N2O6. The molecule has 0 aliphatic rings. The maximum atomic E-state index is 11.6. The van der Waals surface area contributed by atoms with Crippen molar-refractivity contribution < 1.29 is 28.5 Å². The number of hydrogen-bond acceptors (Lipinski definition) is 6. The highest BCUT2D eigenvalue weighted by atomic mass is 16.5. The molecule has 0 aliphatic heterocycles. The molecule has 0 aromatic heterocycles. The molecule has 0 rings (SSSR count). The van der Waals surface area contributed by atoms with E-state index in [1.54, 1.807) is 14.2 Å². The second-order valence-electron chi connectivity index (χ2n) is 6.47. The van der Waals surface area contributed by atoms with Gasteiger partial charge < -0.3 is 29.6 Å². The predicted molar refractivity (Wildman–Crippen MR) is 108 cm³/mol. The van der Waals surface area contributed by atoms with Gasteiger partial charge in [0.15, 0.2) is 0 Å². The van der Waals surface area contributed by atoms with Crippen molar-refractivity contribution in [2.24, 2.45) is 0 Å². The molecule has 0 fully saturated rings. The topological polar surface area (TPSA) is 95.1 Å². The Morgan fingerprint density at radius 1 is 0.643 bits per heavy atom. The van der Waals surface area contributed by atoms with Crippen molar-refractivity contribution in [2.75, 3.05) is 67.0 Å². The largest absolute Gasteiger partial charge is 0.385 e. The summed E-state index contributed by atoms with van der Waals surface area (Å²) in [6, 6.07) is 0. The van der Waals surface area contributed by atoms with Crippen molar-refractivity contribution in [1.29, 1.82) is 0 Å². The van der Waals surface area contributed by atoms with Crippen LogP contribution >= 0.6 is 0 Å². The van der Waals surface area contributed by atoms with Gasteiger partial charge in [-0.1, -0.05) is 0 Å². The Morgan fingerprint density at radius 2 is 1.21 bits per heavy atom. The van der Waals surface area contributed by atoms with Gasteiger partial charge in [0.25, 0.3) is 0 Å². The first-order valence-corrected chi connectivity index (χ1v) is 10.4. The van der Waals surface area contributed by atoms with Gasteiger partial charge in [-0.15, -0.1) is 0 Å². The fourth-order valence-electron chi connectivity index (χ4n) is 2.32. The van der Waals surface area contributed by atoms with E-state index in [0.717, 1.165) is 45.1 Å². The molecule has 0 atom stereocenters. The van der Waals surface area contributed by atoms with E-state index in [-0.39, 0.29) is 11.8 Å². The van der Waals surface area contributed by atoms with Crippen LogP contribution in [0.25, 0.3) is 0 Å². The highest BCUT2D eigenvalue weighted by Crippen LogP contribution is 1.97. The van der Waals surface area contributed by atoms with E-state index >= 15 is 0 Å². The third-order valence-corrected chi connectivity index (χ3v) is 3.98. The molecule has 8 nitrogen and oxygen atoms in total. The molecule has 2 N–H and O–H groups in total. The summed E-state index contributed by atoms with van der Waals surface area (Å²) in [6.07, 6.45) is 6.61. The minimum Gasteiger partial charge on any atom is -0.385 e. The number of hydrogen-bond donors (Lipinski definition) is 2. The molecular weight excluding hydrogens is 364 g/mol. The average molecular weight is 405 g/mol. The van der Waals surface area contributed by atoms with Gasteiger partial charge in [0.1, 0.15) is 0 Å². The number of nitrogens with one attached hydrogen (secondary N) is 2. The first kappa shape index (κ1) is 26.8. The second kappa shape index (κ2) is 22.1. The van der Waals surface area contributed by atoms with Crippen molar-refractivity contribution in [1.82, 2.24) is 10.6 Å². The van der Waals surface area contributed by atoms with Gasteiger partial charge in [-0.3, -0.25) is 9.59 Å². The number of unbranched alkanes of at least 4 members (excludes halogenated alkanes) is 3. The molecule has 0 saturated heterocycles. The van der Waals surface area contributed by atoms with Crippen LogP contribution in [0.2, 0.25) is 0 Å². The van der Waals surface area contributed by atoms with Crippen LogP contribution in [0.5, 0.6) is 0 Å². The molecule has 0 saturated carbocycles. The zero-order chi connectivity index (χ0) is 20.7. The summed E-state index contributed by atoms with van der Waals surface area (Å²) in [4.78, 5) is 22.6. The lowest BCUT2D eigenvalue weighted by Gasteiger charge is -2.08. The number of amides is 2. The van der Waals surface area contributed by atoms with Crippen LogP contribution in [0.15, 0.2) is 0 Å². The number of methoxy groups -OCH3 is 1. The number of carbonyl (C=O) groups is 2. The van der Waals surface area contributed by atoms with Crippen molar-refractivity contribution >= 4 is 11.8 Å². The summed E-state index contributed by atoms with van der Waals surface area (Å²) < 4.78 is 21.4. The quantitative estimate of drug-likeness (QED) is 0.283. The smallest absolute Gasteiger partial charge is 0.222 e. The molecule has 0 heterocycles. The fraction of sp³-hybridized carbons (Fsp3) is 0.900. The second-order valence-corrected chi connectivity index (χ2v) is 6.47. The third kappa shape index (κ3) is 21.1. The van der Waals surface area contributed by atoms with E-state index in [1.807, 2.05) is 0 Å². The van der Waals surface area contributed by atoms with E-state index in [1.165, 1.54) is 0 Å². The monoisotopic (exact) mass is 404 g/mol. The molecule has 0 aromatic carbocycles. The van der Waals surface area contributed by atoms with E-state index in [9.17, 15) is 9.59 Å². The number of ether oxygens (including phenoxy) is 4. The van der Waals surface area contributed by atoms with Gasteiger partial charge in [-0.2, -0.15) is 0 Å². The minimum absolute atomic E-state index is 0.00635. The molecule has 28 heavy (non-hydrogen) atoms. The van der Waals surface area contributed by atoms with Crippen LogP contribution in [0.1, 0.15) is 51.4 Å². The summed E-state index contributed by atoms with van der Waals surface area (Å²) in [5, 5.41) is 5.41. The maximum Gasteiger partial charge on any atom is 0.222 e. The van der Waals surface area contributed by atoms with Crippen molar-refractivity contribution in [3.05, 3.63) is 0 Å². The maximum absolute atomic E-state index is 11.6. The van der Waals surface area contributed by atoms with E-state index < -0.39 is 0 Å². The molecule has 0 aromatic rings. The Labute approximate surface area is 170 Å². The molecule has 0 unspecified atom stereocenters. The van der Waals surface area contributed by atoms with Crippen LogP contribution in [0.4, 0.5) is 0 Å². The van der Waals surface area contributed by atoms with Crippen LogP contribution in [-0.4, -0.2) is 78.8 Å². The number of rotatable bonds is 21. The van der Waals surface area contributed by atoms with E-state index in [4.69, 9.17) is 18.9 Å². The Hall–Kier alpha value is -1.22. The lowest BCUT2D eigenvalue weighted by atomic mass is 10.2. The van der Waals surface area contributed by atoms with Crippen LogP contribution < -0.4 is 10.6 Å². The Bertz CT molecular complexity index is 369. The zero-order valence-corrected chi connectivity index (χ0v) is 17.8.